The van der Waals surface area contributed by atoms with E-state index in [-0.39, 0.29) is 32.5 Å². The van der Waals surface area contributed by atoms with Crippen molar-refractivity contribution in [3.8, 4) is 5.75 Å². The number of anilines is 1. The van der Waals surface area contributed by atoms with Gasteiger partial charge in [-0.05, 0) is 0 Å². The molecule has 1 saturated heterocycles. The highest BCUT2D eigenvalue weighted by molar-refractivity contribution is 7.14. The first-order valence-electron chi connectivity index (χ1n) is 6.81. The zero-order chi connectivity index (χ0) is 15.9. The van der Waals surface area contributed by atoms with Crippen molar-refractivity contribution in [2.24, 2.45) is 0 Å². The van der Waals surface area contributed by atoms with Crippen molar-refractivity contribution in [1.82, 2.24) is 9.96 Å². The van der Waals surface area contributed by atoms with Crippen LogP contribution in [0, 0.1) is 0 Å². The van der Waals surface area contributed by atoms with Gasteiger partial charge in [-0.15, -0.1) is 11.3 Å². The molecule has 7 nitrogen and oxygen atoms in total. The number of thiophene rings is 1. The van der Waals surface area contributed by atoms with E-state index in [9.17, 15) is 9.59 Å². The number of nitrogens with two attached hydrogens (primary N) is 1. The minimum absolute atomic E-state index is 0.0249. The molecule has 0 saturated carbocycles. The standard InChI is InChI=1S/C13H16FN3O4S/c1-20-5-4-16-10(18)2-3-13(14,12(16)19)17-6-8-9(21-17)7-22-11(8)15/h7H,2-6,15H2,1H3/t13-/m0/s1. The van der Waals surface area contributed by atoms with Gasteiger partial charge in [-0.3, -0.25) is 14.5 Å². The van der Waals surface area contributed by atoms with E-state index in [0.29, 0.717) is 16.3 Å². The molecule has 0 aromatic carbocycles. The number of hydroxylamine groups is 2. The van der Waals surface area contributed by atoms with E-state index in [2.05, 4.69) is 0 Å². The Bertz CT molecular complexity index is 622. The van der Waals surface area contributed by atoms with Crippen LogP contribution in [0.25, 0.3) is 0 Å². The van der Waals surface area contributed by atoms with E-state index in [0.717, 1.165) is 9.96 Å². The SMILES string of the molecule is COCCN1C(=O)CC[C@](F)(N2Cc3c(csc3N)O2)C1=O. The maximum Gasteiger partial charge on any atom is 0.285 e. The number of nitrogens with zero attached hydrogens (tertiary/aromatic N) is 2. The fraction of sp³-hybridized carbons (Fsp3) is 0.538. The quantitative estimate of drug-likeness (QED) is 0.653. The summed E-state index contributed by atoms with van der Waals surface area (Å²) in [4.78, 5) is 30.6. The lowest BCUT2D eigenvalue weighted by Gasteiger charge is -2.38. The first kappa shape index (κ1) is 15.2. The van der Waals surface area contributed by atoms with Gasteiger partial charge in [0, 0.05) is 30.9 Å². The summed E-state index contributed by atoms with van der Waals surface area (Å²) >= 11 is 1.30. The molecule has 2 amide bonds. The van der Waals surface area contributed by atoms with Crippen molar-refractivity contribution in [1.29, 1.82) is 0 Å². The van der Waals surface area contributed by atoms with Crippen LogP contribution in [0.1, 0.15) is 18.4 Å². The molecular formula is C13H16FN3O4S. The van der Waals surface area contributed by atoms with Crippen molar-refractivity contribution in [3.63, 3.8) is 0 Å². The molecule has 120 valence electrons. The first-order chi connectivity index (χ1) is 10.5. The maximum absolute atomic E-state index is 15.3. The van der Waals surface area contributed by atoms with E-state index >= 15 is 4.39 Å². The summed E-state index contributed by atoms with van der Waals surface area (Å²) in [5.41, 5.74) is 6.48. The van der Waals surface area contributed by atoms with Gasteiger partial charge in [0.25, 0.3) is 11.7 Å². The molecule has 0 unspecified atom stereocenters. The first-order valence-corrected chi connectivity index (χ1v) is 7.69. The number of alkyl halides is 1. The Hall–Kier alpha value is -1.71. The third-order valence-corrected chi connectivity index (χ3v) is 4.69. The zero-order valence-electron chi connectivity index (χ0n) is 12.0. The highest BCUT2D eigenvalue weighted by Crippen LogP contribution is 2.43. The molecule has 3 rings (SSSR count). The molecule has 1 atom stereocenters. The molecule has 1 fully saturated rings. The predicted octanol–water partition coefficient (Wildman–Crippen LogP) is 0.901. The minimum Gasteiger partial charge on any atom is -0.401 e. The number of nitrogen functional groups attached to an aromatic ring is 1. The molecule has 3 heterocycles. The van der Waals surface area contributed by atoms with Crippen LogP contribution >= 0.6 is 11.3 Å². The summed E-state index contributed by atoms with van der Waals surface area (Å²) in [5, 5.41) is 3.20. The van der Waals surface area contributed by atoms with Crippen molar-refractivity contribution in [3.05, 3.63) is 10.9 Å². The Kier molecular flexibility index (Phi) is 3.79. The maximum atomic E-state index is 15.3. The van der Waals surface area contributed by atoms with Gasteiger partial charge in [-0.25, -0.2) is 4.39 Å². The molecule has 1 aromatic rings. The lowest BCUT2D eigenvalue weighted by atomic mass is 10.0. The Morgan fingerprint density at radius 3 is 3.00 bits per heavy atom. The van der Waals surface area contributed by atoms with Crippen LogP contribution in [-0.4, -0.2) is 47.8 Å². The van der Waals surface area contributed by atoms with Gasteiger partial charge in [0.05, 0.1) is 24.7 Å². The average molecular weight is 329 g/mol. The number of carbonyl (C=O) groups excluding carboxylic acids is 2. The highest BCUT2D eigenvalue weighted by atomic mass is 32.1. The lowest BCUT2D eigenvalue weighted by Crippen LogP contribution is -2.61. The van der Waals surface area contributed by atoms with Crippen LogP contribution in [0.2, 0.25) is 0 Å². The molecular weight excluding hydrogens is 313 g/mol. The predicted molar refractivity (Wildman–Crippen MR) is 76.6 cm³/mol. The Labute approximate surface area is 130 Å². The summed E-state index contributed by atoms with van der Waals surface area (Å²) in [6, 6.07) is 0. The molecule has 0 bridgehead atoms. The topological polar surface area (TPSA) is 85.1 Å². The second-order valence-electron chi connectivity index (χ2n) is 5.17. The van der Waals surface area contributed by atoms with Crippen molar-refractivity contribution < 1.29 is 23.6 Å². The summed E-state index contributed by atoms with van der Waals surface area (Å²) in [6.45, 7) is 0.268. The number of ether oxygens (including phenoxy) is 1. The number of halogens is 1. The summed E-state index contributed by atoms with van der Waals surface area (Å²) in [5.74, 6) is -3.21. The number of carbonyl (C=O) groups is 2. The van der Waals surface area contributed by atoms with Crippen LogP contribution in [0.4, 0.5) is 9.39 Å². The van der Waals surface area contributed by atoms with E-state index in [1.54, 1.807) is 5.38 Å². The van der Waals surface area contributed by atoms with E-state index in [1.807, 2.05) is 0 Å². The molecule has 2 aliphatic heterocycles. The van der Waals surface area contributed by atoms with Crippen LogP contribution in [0.5, 0.6) is 5.75 Å². The number of methoxy groups -OCH3 is 1. The number of hydrogen-bond donors (Lipinski definition) is 1. The third kappa shape index (κ3) is 2.25. The van der Waals surface area contributed by atoms with Crippen LogP contribution in [0.15, 0.2) is 5.38 Å². The Balaban J connectivity index is 1.80. The smallest absolute Gasteiger partial charge is 0.285 e. The largest absolute Gasteiger partial charge is 0.401 e. The van der Waals surface area contributed by atoms with Gasteiger partial charge >= 0.3 is 0 Å². The van der Waals surface area contributed by atoms with Crippen molar-refractivity contribution in [2.45, 2.75) is 25.2 Å². The number of piperidine rings is 1. The van der Waals surface area contributed by atoms with Crippen LogP contribution < -0.4 is 10.6 Å². The van der Waals surface area contributed by atoms with Gasteiger partial charge < -0.3 is 15.3 Å². The van der Waals surface area contributed by atoms with Crippen molar-refractivity contribution in [2.75, 3.05) is 26.0 Å². The third-order valence-electron chi connectivity index (χ3n) is 3.86. The van der Waals surface area contributed by atoms with Crippen molar-refractivity contribution >= 4 is 28.2 Å². The number of imide groups is 1. The number of likely N-dealkylation sites (tertiary alicyclic amines) is 1. The number of rotatable bonds is 4. The van der Waals surface area contributed by atoms with E-state index in [4.69, 9.17) is 15.3 Å². The molecule has 1 aromatic heterocycles. The summed E-state index contributed by atoms with van der Waals surface area (Å²) < 4.78 is 20.1. The summed E-state index contributed by atoms with van der Waals surface area (Å²) in [6.07, 6.45) is -0.296. The second-order valence-corrected chi connectivity index (χ2v) is 6.08. The number of hydrogen-bond acceptors (Lipinski definition) is 7. The Morgan fingerprint density at radius 1 is 1.55 bits per heavy atom. The van der Waals surface area contributed by atoms with Crippen LogP contribution in [-0.2, 0) is 20.9 Å². The molecule has 0 spiro atoms. The van der Waals surface area contributed by atoms with Gasteiger partial charge in [0.1, 0.15) is 0 Å². The monoisotopic (exact) mass is 329 g/mol. The van der Waals surface area contributed by atoms with Gasteiger partial charge in [0.2, 0.25) is 5.91 Å². The molecule has 0 radical (unpaired) electrons. The van der Waals surface area contributed by atoms with Crippen LogP contribution in [0.3, 0.4) is 0 Å². The fourth-order valence-electron chi connectivity index (χ4n) is 2.58. The Morgan fingerprint density at radius 2 is 2.32 bits per heavy atom. The van der Waals surface area contributed by atoms with Gasteiger partial charge in [-0.2, -0.15) is 0 Å². The zero-order valence-corrected chi connectivity index (χ0v) is 12.8. The van der Waals surface area contributed by atoms with Gasteiger partial charge in [-0.1, -0.05) is 5.06 Å². The summed E-state index contributed by atoms with van der Waals surface area (Å²) in [7, 11) is 1.45. The second kappa shape index (κ2) is 5.49. The molecule has 9 heteroatoms. The van der Waals surface area contributed by atoms with E-state index in [1.165, 1.54) is 18.4 Å². The number of fused-ring (bicyclic) bond motifs is 1. The molecule has 2 N–H and O–H groups in total. The fourth-order valence-corrected chi connectivity index (χ4v) is 3.31. The molecule has 2 aliphatic rings. The average Bonchev–Trinajstić information content (AvgIpc) is 3.06. The number of amides is 2. The van der Waals surface area contributed by atoms with Gasteiger partial charge in [0.15, 0.2) is 5.75 Å². The normalized spacial score (nSPS) is 25.5. The molecule has 22 heavy (non-hydrogen) atoms. The lowest BCUT2D eigenvalue weighted by molar-refractivity contribution is -0.218. The van der Waals surface area contributed by atoms with E-state index < -0.39 is 17.6 Å². The molecule has 0 aliphatic carbocycles. The minimum atomic E-state index is -2.37. The highest BCUT2D eigenvalue weighted by Gasteiger charge is 2.55.